The number of aromatic nitrogens is 3. The van der Waals surface area contributed by atoms with Gasteiger partial charge in [-0.25, -0.2) is 4.99 Å². The van der Waals surface area contributed by atoms with E-state index in [0.29, 0.717) is 18.0 Å². The highest BCUT2D eigenvalue weighted by molar-refractivity contribution is 14.0. The molecule has 6 nitrogen and oxygen atoms in total. The molecule has 29 heavy (non-hydrogen) atoms. The zero-order chi connectivity index (χ0) is 20.1. The van der Waals surface area contributed by atoms with Crippen LogP contribution in [0.4, 0.5) is 0 Å². The molecule has 1 aliphatic carbocycles. The molecule has 0 radical (unpaired) electrons. The minimum absolute atomic E-state index is 0. The van der Waals surface area contributed by atoms with Crippen LogP contribution >= 0.6 is 24.0 Å². The van der Waals surface area contributed by atoms with Crippen LogP contribution < -0.4 is 10.6 Å². The van der Waals surface area contributed by atoms with Gasteiger partial charge in [0.15, 0.2) is 11.8 Å². The van der Waals surface area contributed by atoms with Gasteiger partial charge in [-0.05, 0) is 50.5 Å². The third-order valence-corrected chi connectivity index (χ3v) is 5.89. The van der Waals surface area contributed by atoms with E-state index >= 15 is 0 Å². The largest absolute Gasteiger partial charge is 0.354 e. The summed E-state index contributed by atoms with van der Waals surface area (Å²) in [6.45, 7) is 9.36. The number of hydrogen-bond acceptors (Lipinski definition) is 3. The smallest absolute Gasteiger partial charge is 0.192 e. The standard InChI is InChI=1S/C22H34N6.HI/c1-16(18-9-7-6-8-10-18)24-21(23-15-20-27-26-17(2)28(20)5)25-19-11-13-22(3,4)14-12-19;/h6-10,16,19H,11-15H2,1-5H3,(H2,23,24,25);1H. The van der Waals surface area contributed by atoms with Crippen molar-refractivity contribution in [1.82, 2.24) is 25.4 Å². The molecule has 7 heteroatoms. The maximum atomic E-state index is 4.84. The lowest BCUT2D eigenvalue weighted by atomic mass is 9.75. The topological polar surface area (TPSA) is 67.1 Å². The van der Waals surface area contributed by atoms with Gasteiger partial charge in [0.05, 0.1) is 6.04 Å². The molecule has 1 fully saturated rings. The summed E-state index contributed by atoms with van der Waals surface area (Å²) in [4.78, 5) is 4.84. The van der Waals surface area contributed by atoms with Gasteiger partial charge in [-0.3, -0.25) is 0 Å². The quantitative estimate of drug-likeness (QED) is 0.353. The van der Waals surface area contributed by atoms with Crippen molar-refractivity contribution >= 4 is 29.9 Å². The average molecular weight is 510 g/mol. The second kappa shape index (κ2) is 10.4. The van der Waals surface area contributed by atoms with Crippen LogP contribution in [0.3, 0.4) is 0 Å². The van der Waals surface area contributed by atoms with Crippen LogP contribution in [0.5, 0.6) is 0 Å². The van der Waals surface area contributed by atoms with Crippen molar-refractivity contribution in [3.63, 3.8) is 0 Å². The number of rotatable bonds is 5. The van der Waals surface area contributed by atoms with Crippen LogP contribution in [0.25, 0.3) is 0 Å². The van der Waals surface area contributed by atoms with E-state index in [1.807, 2.05) is 24.6 Å². The van der Waals surface area contributed by atoms with Gasteiger partial charge in [0.25, 0.3) is 0 Å². The normalized spacial score (nSPS) is 18.0. The zero-order valence-electron chi connectivity index (χ0n) is 18.3. The summed E-state index contributed by atoms with van der Waals surface area (Å²) < 4.78 is 1.99. The first kappa shape index (κ1) is 23.6. The fourth-order valence-corrected chi connectivity index (χ4v) is 3.64. The minimum atomic E-state index is 0. The number of halogens is 1. The lowest BCUT2D eigenvalue weighted by Crippen LogP contribution is -2.46. The minimum Gasteiger partial charge on any atom is -0.354 e. The maximum absolute atomic E-state index is 4.84. The number of nitrogens with zero attached hydrogens (tertiary/aromatic N) is 4. The monoisotopic (exact) mass is 510 g/mol. The number of guanidine groups is 1. The van der Waals surface area contributed by atoms with E-state index in [4.69, 9.17) is 4.99 Å². The van der Waals surface area contributed by atoms with Gasteiger partial charge in [-0.2, -0.15) is 0 Å². The molecular formula is C22H35IN6. The molecule has 1 heterocycles. The molecule has 3 rings (SSSR count). The highest BCUT2D eigenvalue weighted by Gasteiger charge is 2.27. The highest BCUT2D eigenvalue weighted by atomic mass is 127. The van der Waals surface area contributed by atoms with Crippen LogP contribution in [0, 0.1) is 12.3 Å². The van der Waals surface area contributed by atoms with Gasteiger partial charge < -0.3 is 15.2 Å². The summed E-state index contributed by atoms with van der Waals surface area (Å²) >= 11 is 0. The summed E-state index contributed by atoms with van der Waals surface area (Å²) in [6.07, 6.45) is 4.84. The molecule has 1 unspecified atom stereocenters. The zero-order valence-corrected chi connectivity index (χ0v) is 20.6. The first-order valence-corrected chi connectivity index (χ1v) is 10.3. The van der Waals surface area contributed by atoms with E-state index < -0.39 is 0 Å². The Labute approximate surface area is 192 Å². The van der Waals surface area contributed by atoms with Crippen molar-refractivity contribution in [2.45, 2.75) is 72.0 Å². The molecule has 2 aromatic rings. The maximum Gasteiger partial charge on any atom is 0.192 e. The van der Waals surface area contributed by atoms with Gasteiger partial charge in [0.2, 0.25) is 0 Å². The summed E-state index contributed by atoms with van der Waals surface area (Å²) in [5.74, 6) is 2.62. The average Bonchev–Trinajstić information content (AvgIpc) is 3.00. The number of benzene rings is 1. The van der Waals surface area contributed by atoms with Gasteiger partial charge in [-0.1, -0.05) is 44.2 Å². The number of aliphatic imine (C=N–C) groups is 1. The third-order valence-electron chi connectivity index (χ3n) is 5.89. The van der Waals surface area contributed by atoms with Crippen LogP contribution in [0.2, 0.25) is 0 Å². The summed E-state index contributed by atoms with van der Waals surface area (Å²) in [5.41, 5.74) is 1.70. The van der Waals surface area contributed by atoms with E-state index in [2.05, 4.69) is 65.9 Å². The van der Waals surface area contributed by atoms with Crippen LogP contribution in [-0.2, 0) is 13.6 Å². The van der Waals surface area contributed by atoms with Crippen LogP contribution in [0.15, 0.2) is 35.3 Å². The number of aryl methyl sites for hydroxylation is 1. The van der Waals surface area contributed by atoms with E-state index in [0.717, 1.165) is 17.6 Å². The van der Waals surface area contributed by atoms with Crippen molar-refractivity contribution in [2.24, 2.45) is 17.5 Å². The van der Waals surface area contributed by atoms with E-state index in [-0.39, 0.29) is 30.0 Å². The Bertz CT molecular complexity index is 789. The molecule has 1 aromatic heterocycles. The van der Waals surface area contributed by atoms with Crippen molar-refractivity contribution in [2.75, 3.05) is 0 Å². The SMILES string of the molecule is Cc1nnc(CN=C(NC2CCC(C)(C)CC2)NC(C)c2ccccc2)n1C.I. The predicted octanol–water partition coefficient (Wildman–Crippen LogP) is 4.51. The molecular weight excluding hydrogens is 475 g/mol. The summed E-state index contributed by atoms with van der Waals surface area (Å²) in [5, 5.41) is 15.6. The van der Waals surface area contributed by atoms with Gasteiger partial charge in [-0.15, -0.1) is 34.2 Å². The summed E-state index contributed by atoms with van der Waals surface area (Å²) in [7, 11) is 1.98. The van der Waals surface area contributed by atoms with E-state index in [1.165, 1.54) is 31.2 Å². The molecule has 2 N–H and O–H groups in total. The lowest BCUT2D eigenvalue weighted by Gasteiger charge is -2.35. The fourth-order valence-electron chi connectivity index (χ4n) is 3.64. The van der Waals surface area contributed by atoms with Crippen molar-refractivity contribution in [1.29, 1.82) is 0 Å². The summed E-state index contributed by atoms with van der Waals surface area (Å²) in [6, 6.07) is 11.1. The molecule has 0 amide bonds. The van der Waals surface area contributed by atoms with Gasteiger partial charge >= 0.3 is 0 Å². The second-order valence-electron chi connectivity index (χ2n) is 8.75. The predicted molar refractivity (Wildman–Crippen MR) is 129 cm³/mol. The van der Waals surface area contributed by atoms with Crippen LogP contribution in [0.1, 0.15) is 69.7 Å². The highest BCUT2D eigenvalue weighted by Crippen LogP contribution is 2.35. The molecule has 1 atom stereocenters. The Hall–Kier alpha value is -1.64. The van der Waals surface area contributed by atoms with Crippen molar-refractivity contribution in [3.8, 4) is 0 Å². The molecule has 0 saturated heterocycles. The van der Waals surface area contributed by atoms with Crippen molar-refractivity contribution < 1.29 is 0 Å². The Kier molecular flexibility index (Phi) is 8.48. The van der Waals surface area contributed by atoms with Crippen molar-refractivity contribution in [3.05, 3.63) is 47.5 Å². The molecule has 0 spiro atoms. The Morgan fingerprint density at radius 2 is 1.86 bits per heavy atom. The second-order valence-corrected chi connectivity index (χ2v) is 8.75. The van der Waals surface area contributed by atoms with E-state index in [9.17, 15) is 0 Å². The first-order chi connectivity index (χ1) is 13.3. The number of nitrogens with one attached hydrogen (secondary N) is 2. The van der Waals surface area contributed by atoms with Gasteiger partial charge in [0, 0.05) is 13.1 Å². The molecule has 160 valence electrons. The van der Waals surface area contributed by atoms with E-state index in [1.54, 1.807) is 0 Å². The number of hydrogen-bond donors (Lipinski definition) is 2. The fraction of sp³-hybridized carbons (Fsp3) is 0.591. The Morgan fingerprint density at radius 1 is 1.21 bits per heavy atom. The van der Waals surface area contributed by atoms with Gasteiger partial charge in [0.1, 0.15) is 12.4 Å². The molecule has 1 aliphatic rings. The van der Waals surface area contributed by atoms with Crippen LogP contribution in [-0.4, -0.2) is 26.8 Å². The molecule has 1 aromatic carbocycles. The third kappa shape index (κ3) is 6.69. The molecule has 0 bridgehead atoms. The molecule has 1 saturated carbocycles. The Balaban J connectivity index is 0.00000300. The molecule has 0 aliphatic heterocycles. The lowest BCUT2D eigenvalue weighted by molar-refractivity contribution is 0.216. The first-order valence-electron chi connectivity index (χ1n) is 10.3. The Morgan fingerprint density at radius 3 is 2.45 bits per heavy atom.